The Balaban J connectivity index is 2.25. The molecule has 2 rings (SSSR count). The number of hydrogen-bond acceptors (Lipinski definition) is 2. The summed E-state index contributed by atoms with van der Waals surface area (Å²) < 4.78 is 0. The number of aliphatic imine (C=N–C) groups is 1. The molecular formula is C19H30N2O. The molecule has 0 aromatic heterocycles. The molecule has 3 nitrogen and oxygen atoms in total. The van der Waals surface area contributed by atoms with Crippen LogP contribution in [0.4, 0.5) is 5.69 Å². The van der Waals surface area contributed by atoms with Gasteiger partial charge in [-0.2, -0.15) is 0 Å². The molecule has 0 saturated carbocycles. The van der Waals surface area contributed by atoms with E-state index in [2.05, 4.69) is 50.8 Å². The lowest BCUT2D eigenvalue weighted by Crippen LogP contribution is -2.35. The van der Waals surface area contributed by atoms with E-state index in [9.17, 15) is 5.11 Å². The van der Waals surface area contributed by atoms with Gasteiger partial charge in [0, 0.05) is 19.7 Å². The zero-order valence-corrected chi connectivity index (χ0v) is 14.4. The summed E-state index contributed by atoms with van der Waals surface area (Å²) in [6.07, 6.45) is 4.26. The molecule has 22 heavy (non-hydrogen) atoms. The normalized spacial score (nSPS) is 19.6. The van der Waals surface area contributed by atoms with Gasteiger partial charge in [0.15, 0.2) is 0 Å². The van der Waals surface area contributed by atoms with Crippen LogP contribution in [0.1, 0.15) is 63.5 Å². The first kappa shape index (κ1) is 17.0. The van der Waals surface area contributed by atoms with Crippen LogP contribution in [0.15, 0.2) is 23.2 Å². The van der Waals surface area contributed by atoms with Gasteiger partial charge in [-0.3, -0.25) is 0 Å². The summed E-state index contributed by atoms with van der Waals surface area (Å²) in [4.78, 5) is 7.12. The maximum absolute atomic E-state index is 9.36. The van der Waals surface area contributed by atoms with E-state index in [-0.39, 0.29) is 6.61 Å². The lowest BCUT2D eigenvalue weighted by atomic mass is 9.93. The number of para-hydroxylation sites is 1. The van der Waals surface area contributed by atoms with Crippen LogP contribution in [-0.4, -0.2) is 36.0 Å². The molecule has 1 atom stereocenters. The summed E-state index contributed by atoms with van der Waals surface area (Å²) in [7, 11) is 0. The number of likely N-dealkylation sites (tertiary alicyclic amines) is 1. The average Bonchev–Trinajstić information content (AvgIpc) is 2.52. The first-order valence-electron chi connectivity index (χ1n) is 8.54. The highest BCUT2D eigenvalue weighted by Gasteiger charge is 2.18. The second-order valence-electron chi connectivity index (χ2n) is 7.02. The van der Waals surface area contributed by atoms with Crippen LogP contribution in [0.2, 0.25) is 0 Å². The Kier molecular flexibility index (Phi) is 6.01. The van der Waals surface area contributed by atoms with Gasteiger partial charge in [0.25, 0.3) is 0 Å². The second kappa shape index (κ2) is 7.77. The van der Waals surface area contributed by atoms with Crippen LogP contribution < -0.4 is 0 Å². The van der Waals surface area contributed by atoms with Crippen molar-refractivity contribution in [3.05, 3.63) is 29.3 Å². The highest BCUT2D eigenvalue weighted by molar-refractivity contribution is 5.66. The summed E-state index contributed by atoms with van der Waals surface area (Å²) in [6.45, 7) is 11.1. The Labute approximate surface area is 135 Å². The van der Waals surface area contributed by atoms with Crippen molar-refractivity contribution >= 4 is 12.0 Å². The number of nitrogens with zero attached hydrogens (tertiary/aromatic N) is 2. The first-order chi connectivity index (χ1) is 10.5. The molecular weight excluding hydrogens is 272 g/mol. The molecule has 1 heterocycles. The van der Waals surface area contributed by atoms with E-state index in [1.165, 1.54) is 11.1 Å². The number of hydrogen-bond donors (Lipinski definition) is 1. The van der Waals surface area contributed by atoms with Crippen molar-refractivity contribution in [1.29, 1.82) is 0 Å². The quantitative estimate of drug-likeness (QED) is 0.650. The fourth-order valence-electron chi connectivity index (χ4n) is 3.15. The minimum atomic E-state index is 0.282. The highest BCUT2D eigenvalue weighted by atomic mass is 16.3. The van der Waals surface area contributed by atoms with E-state index in [1.54, 1.807) is 0 Å². The van der Waals surface area contributed by atoms with E-state index >= 15 is 0 Å². The van der Waals surface area contributed by atoms with Crippen molar-refractivity contribution in [3.63, 3.8) is 0 Å². The molecule has 1 aliphatic rings. The Morgan fingerprint density at radius 2 is 1.86 bits per heavy atom. The second-order valence-corrected chi connectivity index (χ2v) is 7.02. The molecule has 1 aliphatic heterocycles. The molecule has 1 aromatic rings. The van der Waals surface area contributed by atoms with Crippen LogP contribution in [0.5, 0.6) is 0 Å². The standard InChI is InChI=1S/C19H30N2O/c1-14(2)17-8-5-9-18(15(3)4)19(17)20-13-21-10-6-7-16(11-21)12-22/h5,8-9,13-16,22H,6-7,10-12H2,1-4H3. The minimum absolute atomic E-state index is 0.282. The monoisotopic (exact) mass is 302 g/mol. The van der Waals surface area contributed by atoms with Gasteiger partial charge >= 0.3 is 0 Å². The first-order valence-corrected chi connectivity index (χ1v) is 8.54. The Morgan fingerprint density at radius 3 is 2.41 bits per heavy atom. The maximum atomic E-state index is 9.36. The number of aliphatic hydroxyl groups is 1. The summed E-state index contributed by atoms with van der Waals surface area (Å²) in [5.41, 5.74) is 3.77. The summed E-state index contributed by atoms with van der Waals surface area (Å²) >= 11 is 0. The molecule has 0 aliphatic carbocycles. The zero-order chi connectivity index (χ0) is 16.1. The summed E-state index contributed by atoms with van der Waals surface area (Å²) in [5, 5.41) is 9.36. The summed E-state index contributed by atoms with van der Waals surface area (Å²) in [5.74, 6) is 1.33. The van der Waals surface area contributed by atoms with Crippen LogP contribution in [0.3, 0.4) is 0 Å². The van der Waals surface area contributed by atoms with Crippen molar-refractivity contribution < 1.29 is 5.11 Å². The van der Waals surface area contributed by atoms with Crippen molar-refractivity contribution in [2.75, 3.05) is 19.7 Å². The third-order valence-electron chi connectivity index (χ3n) is 4.50. The number of rotatable bonds is 5. The fraction of sp³-hybridized carbons (Fsp3) is 0.632. The van der Waals surface area contributed by atoms with Gasteiger partial charge < -0.3 is 10.0 Å². The molecule has 0 spiro atoms. The lowest BCUT2D eigenvalue weighted by Gasteiger charge is -2.30. The smallest absolute Gasteiger partial charge is 0.0912 e. The van der Waals surface area contributed by atoms with Crippen LogP contribution >= 0.6 is 0 Å². The predicted molar refractivity (Wildman–Crippen MR) is 94.2 cm³/mol. The van der Waals surface area contributed by atoms with Crippen LogP contribution in [-0.2, 0) is 0 Å². The molecule has 122 valence electrons. The molecule has 0 radical (unpaired) electrons. The molecule has 1 fully saturated rings. The van der Waals surface area contributed by atoms with Gasteiger partial charge in [0.2, 0.25) is 0 Å². The van der Waals surface area contributed by atoms with Gasteiger partial charge in [0.1, 0.15) is 0 Å². The largest absolute Gasteiger partial charge is 0.396 e. The highest BCUT2D eigenvalue weighted by Crippen LogP contribution is 2.34. The molecule has 3 heteroatoms. The predicted octanol–water partition coefficient (Wildman–Crippen LogP) is 4.30. The lowest BCUT2D eigenvalue weighted by molar-refractivity contribution is 0.163. The summed E-state index contributed by atoms with van der Waals surface area (Å²) in [6, 6.07) is 6.53. The topological polar surface area (TPSA) is 35.8 Å². The van der Waals surface area contributed by atoms with Gasteiger partial charge in [0.05, 0.1) is 12.0 Å². The van der Waals surface area contributed by atoms with E-state index < -0.39 is 0 Å². The van der Waals surface area contributed by atoms with Gasteiger partial charge in [-0.25, -0.2) is 4.99 Å². The SMILES string of the molecule is CC(C)c1cccc(C(C)C)c1N=CN1CCCC(CO)C1. The molecule has 1 N–H and O–H groups in total. The van der Waals surface area contributed by atoms with Crippen molar-refractivity contribution in [2.24, 2.45) is 10.9 Å². The van der Waals surface area contributed by atoms with E-state index in [0.29, 0.717) is 17.8 Å². The Bertz CT molecular complexity index is 482. The zero-order valence-electron chi connectivity index (χ0n) is 14.4. The minimum Gasteiger partial charge on any atom is -0.396 e. The van der Waals surface area contributed by atoms with E-state index in [4.69, 9.17) is 4.99 Å². The Morgan fingerprint density at radius 1 is 1.23 bits per heavy atom. The molecule has 0 amide bonds. The fourth-order valence-corrected chi connectivity index (χ4v) is 3.15. The number of benzene rings is 1. The molecule has 1 aromatic carbocycles. The van der Waals surface area contributed by atoms with Crippen molar-refractivity contribution in [2.45, 2.75) is 52.4 Å². The average molecular weight is 302 g/mol. The van der Waals surface area contributed by atoms with Crippen LogP contribution in [0.25, 0.3) is 0 Å². The van der Waals surface area contributed by atoms with Gasteiger partial charge in [-0.15, -0.1) is 0 Å². The number of aliphatic hydroxyl groups excluding tert-OH is 1. The van der Waals surface area contributed by atoms with Crippen molar-refractivity contribution in [3.8, 4) is 0 Å². The molecule has 1 unspecified atom stereocenters. The molecule has 1 saturated heterocycles. The van der Waals surface area contributed by atoms with E-state index in [1.807, 2.05) is 6.34 Å². The van der Waals surface area contributed by atoms with Crippen LogP contribution in [0, 0.1) is 5.92 Å². The van der Waals surface area contributed by atoms with Crippen molar-refractivity contribution in [1.82, 2.24) is 4.90 Å². The number of piperidine rings is 1. The van der Waals surface area contributed by atoms with E-state index in [0.717, 1.165) is 31.6 Å². The van der Waals surface area contributed by atoms with Gasteiger partial charge in [-0.05, 0) is 41.7 Å². The maximum Gasteiger partial charge on any atom is 0.0912 e. The molecule has 0 bridgehead atoms. The third-order valence-corrected chi connectivity index (χ3v) is 4.50. The third kappa shape index (κ3) is 4.10. The van der Waals surface area contributed by atoms with Gasteiger partial charge in [-0.1, -0.05) is 45.9 Å². The Hall–Kier alpha value is -1.35.